The molecule has 1 aromatic carbocycles. The maximum absolute atomic E-state index is 12.2. The lowest BCUT2D eigenvalue weighted by atomic mass is 9.89. The molecule has 3 rings (SSSR count). The van der Waals surface area contributed by atoms with Gasteiger partial charge in [0.15, 0.2) is 5.01 Å². The van der Waals surface area contributed by atoms with E-state index >= 15 is 0 Å². The number of nitriles is 1. The third-order valence-electron chi connectivity index (χ3n) is 4.86. The summed E-state index contributed by atoms with van der Waals surface area (Å²) in [6.45, 7) is 1.39. The van der Waals surface area contributed by atoms with Crippen molar-refractivity contribution in [2.24, 2.45) is 5.92 Å². The molecule has 0 aliphatic carbocycles. The predicted molar refractivity (Wildman–Crippen MR) is 109 cm³/mol. The number of carbonyl (C=O) groups is 1. The minimum atomic E-state index is -0.412. The van der Waals surface area contributed by atoms with E-state index in [4.69, 9.17) is 6.42 Å². The van der Waals surface area contributed by atoms with Crippen molar-refractivity contribution in [1.82, 2.24) is 10.3 Å². The molecule has 0 saturated carbocycles. The second-order valence-corrected chi connectivity index (χ2v) is 7.38. The summed E-state index contributed by atoms with van der Waals surface area (Å²) in [5.41, 5.74) is 1.59. The molecule has 1 unspecified atom stereocenters. The highest BCUT2D eigenvalue weighted by atomic mass is 32.1. The maximum atomic E-state index is 12.2. The number of para-hydroxylation sites is 1. The number of nitrogens with zero attached hydrogens (tertiary/aromatic N) is 3. The van der Waals surface area contributed by atoms with E-state index in [1.54, 1.807) is 5.38 Å². The summed E-state index contributed by atoms with van der Waals surface area (Å²) in [6.07, 6.45) is 6.90. The van der Waals surface area contributed by atoms with Crippen LogP contribution in [0.2, 0.25) is 0 Å². The van der Waals surface area contributed by atoms with E-state index in [0.717, 1.165) is 31.6 Å². The van der Waals surface area contributed by atoms with Crippen LogP contribution in [0.3, 0.4) is 0 Å². The number of thiazole rings is 1. The molecule has 3 N–H and O–H groups in total. The normalized spacial score (nSPS) is 15.3. The van der Waals surface area contributed by atoms with Crippen LogP contribution in [0.4, 0.5) is 16.3 Å². The van der Waals surface area contributed by atoms with E-state index in [1.807, 2.05) is 24.3 Å². The second kappa shape index (κ2) is 9.23. The van der Waals surface area contributed by atoms with Crippen molar-refractivity contribution in [2.45, 2.75) is 18.9 Å². The van der Waals surface area contributed by atoms with E-state index in [1.165, 1.54) is 11.3 Å². The number of benzene rings is 1. The van der Waals surface area contributed by atoms with Crippen LogP contribution in [0.25, 0.3) is 0 Å². The zero-order valence-corrected chi connectivity index (χ0v) is 16.1. The van der Waals surface area contributed by atoms with Gasteiger partial charge in [-0.1, -0.05) is 12.1 Å². The average Bonchev–Trinajstić information content (AvgIpc) is 3.19. The largest absolute Gasteiger partial charge is 0.394 e. The summed E-state index contributed by atoms with van der Waals surface area (Å²) >= 11 is 1.28. The molecule has 2 heterocycles. The third kappa shape index (κ3) is 4.61. The predicted octanol–water partition coefficient (Wildman–Crippen LogP) is 2.40. The Morgan fingerprint density at radius 3 is 2.82 bits per heavy atom. The molecule has 8 heteroatoms. The smallest absolute Gasteiger partial charge is 0.320 e. The first-order chi connectivity index (χ1) is 13.6. The van der Waals surface area contributed by atoms with Crippen LogP contribution in [0.15, 0.2) is 29.6 Å². The van der Waals surface area contributed by atoms with E-state index < -0.39 is 6.03 Å². The number of terminal acetylenes is 1. The molecular weight excluding hydrogens is 374 g/mol. The third-order valence-corrected chi connectivity index (χ3v) is 5.63. The molecule has 7 nitrogen and oxygen atoms in total. The Morgan fingerprint density at radius 2 is 2.18 bits per heavy atom. The van der Waals surface area contributed by atoms with E-state index in [0.29, 0.717) is 16.4 Å². The lowest BCUT2D eigenvalue weighted by Gasteiger charge is -2.37. The van der Waals surface area contributed by atoms with Crippen LogP contribution < -0.4 is 15.5 Å². The van der Waals surface area contributed by atoms with Gasteiger partial charge in [-0.15, -0.1) is 17.8 Å². The monoisotopic (exact) mass is 395 g/mol. The SMILES string of the molecule is C#Cc1nc(NC(=O)NC(CO)C2CCN(c3ccccc3C#N)CC2)cs1. The summed E-state index contributed by atoms with van der Waals surface area (Å²) in [5, 5.41) is 26.7. The summed E-state index contributed by atoms with van der Waals surface area (Å²) in [4.78, 5) is 18.5. The van der Waals surface area contributed by atoms with Crippen molar-refractivity contribution in [1.29, 1.82) is 5.26 Å². The zero-order chi connectivity index (χ0) is 19.9. The number of carbonyl (C=O) groups excluding carboxylic acids is 1. The fourth-order valence-electron chi connectivity index (χ4n) is 3.42. The van der Waals surface area contributed by atoms with E-state index in [-0.39, 0.29) is 18.6 Å². The highest BCUT2D eigenvalue weighted by Gasteiger charge is 2.28. The van der Waals surface area contributed by atoms with Crippen molar-refractivity contribution in [3.8, 4) is 18.4 Å². The molecule has 2 aromatic rings. The summed E-state index contributed by atoms with van der Waals surface area (Å²) in [7, 11) is 0. The number of piperidine rings is 1. The van der Waals surface area contributed by atoms with Crippen LogP contribution in [-0.4, -0.2) is 41.9 Å². The quantitative estimate of drug-likeness (QED) is 0.675. The second-order valence-electron chi connectivity index (χ2n) is 6.52. The molecule has 28 heavy (non-hydrogen) atoms. The number of urea groups is 1. The molecule has 1 aromatic heterocycles. The molecular formula is C20H21N5O2S. The molecule has 1 aliphatic rings. The topological polar surface area (TPSA) is 101 Å². The van der Waals surface area contributed by atoms with Gasteiger partial charge in [-0.3, -0.25) is 5.32 Å². The number of amides is 2. The van der Waals surface area contributed by atoms with Crippen molar-refractivity contribution in [3.63, 3.8) is 0 Å². The Balaban J connectivity index is 1.55. The number of aliphatic hydroxyl groups is 1. The van der Waals surface area contributed by atoms with Crippen LogP contribution in [-0.2, 0) is 0 Å². The maximum Gasteiger partial charge on any atom is 0.320 e. The van der Waals surface area contributed by atoms with Gasteiger partial charge in [-0.25, -0.2) is 9.78 Å². The Labute approximate surface area is 168 Å². The minimum absolute atomic E-state index is 0.139. The fourth-order valence-corrected chi connectivity index (χ4v) is 3.97. The highest BCUT2D eigenvalue weighted by Crippen LogP contribution is 2.27. The molecule has 0 bridgehead atoms. The lowest BCUT2D eigenvalue weighted by molar-refractivity contribution is 0.181. The van der Waals surface area contributed by atoms with Crippen molar-refractivity contribution in [3.05, 3.63) is 40.2 Å². The van der Waals surface area contributed by atoms with Gasteiger partial charge in [-0.05, 0) is 36.8 Å². The summed E-state index contributed by atoms with van der Waals surface area (Å²) in [6, 6.07) is 9.01. The molecule has 1 fully saturated rings. The average molecular weight is 395 g/mol. The van der Waals surface area contributed by atoms with Crippen LogP contribution >= 0.6 is 11.3 Å². The summed E-state index contributed by atoms with van der Waals surface area (Å²) in [5.74, 6) is 2.97. The molecule has 0 radical (unpaired) electrons. The lowest BCUT2D eigenvalue weighted by Crippen LogP contribution is -2.48. The molecule has 0 spiro atoms. The Bertz CT molecular complexity index is 906. The first-order valence-electron chi connectivity index (χ1n) is 8.99. The molecule has 1 atom stereocenters. The molecule has 1 aliphatic heterocycles. The van der Waals surface area contributed by atoms with Crippen molar-refractivity contribution in [2.75, 3.05) is 29.9 Å². The highest BCUT2D eigenvalue weighted by molar-refractivity contribution is 7.10. The standard InChI is InChI=1S/C20H21N5O2S/c1-2-19-23-18(13-28-19)24-20(27)22-16(12-26)14-7-9-25(10-8-14)17-6-4-3-5-15(17)11-21/h1,3-6,13-14,16,26H,7-10,12H2,(H2,22,24,27). The van der Waals surface area contributed by atoms with Gasteiger partial charge in [0.1, 0.15) is 11.9 Å². The van der Waals surface area contributed by atoms with Gasteiger partial charge in [0, 0.05) is 18.5 Å². The van der Waals surface area contributed by atoms with Crippen LogP contribution in [0, 0.1) is 29.6 Å². The number of anilines is 2. The van der Waals surface area contributed by atoms with Gasteiger partial charge < -0.3 is 15.3 Å². The zero-order valence-electron chi connectivity index (χ0n) is 15.3. The number of hydrogen-bond acceptors (Lipinski definition) is 6. The Hall–Kier alpha value is -3.07. The van der Waals surface area contributed by atoms with Crippen molar-refractivity contribution >= 4 is 28.9 Å². The van der Waals surface area contributed by atoms with Crippen LogP contribution in [0.5, 0.6) is 0 Å². The van der Waals surface area contributed by atoms with Crippen LogP contribution in [0.1, 0.15) is 23.4 Å². The van der Waals surface area contributed by atoms with Gasteiger partial charge >= 0.3 is 6.03 Å². The number of hydrogen-bond donors (Lipinski definition) is 3. The molecule has 1 saturated heterocycles. The molecule has 144 valence electrons. The number of aromatic nitrogens is 1. The van der Waals surface area contributed by atoms with Gasteiger partial charge in [0.05, 0.1) is 23.9 Å². The first-order valence-corrected chi connectivity index (χ1v) is 9.87. The van der Waals surface area contributed by atoms with E-state index in [9.17, 15) is 15.2 Å². The number of nitrogens with one attached hydrogen (secondary N) is 2. The minimum Gasteiger partial charge on any atom is -0.394 e. The fraction of sp³-hybridized carbons (Fsp3) is 0.350. The van der Waals surface area contributed by atoms with Gasteiger partial charge in [0.25, 0.3) is 0 Å². The molecule has 2 amide bonds. The Kier molecular flexibility index (Phi) is 6.49. The van der Waals surface area contributed by atoms with Gasteiger partial charge in [0.2, 0.25) is 0 Å². The number of aliphatic hydroxyl groups excluding tert-OH is 1. The van der Waals surface area contributed by atoms with Gasteiger partial charge in [-0.2, -0.15) is 5.26 Å². The first kappa shape index (κ1) is 19.7. The van der Waals surface area contributed by atoms with E-state index in [2.05, 4.69) is 32.5 Å². The van der Waals surface area contributed by atoms with Crippen molar-refractivity contribution < 1.29 is 9.90 Å². The Morgan fingerprint density at radius 1 is 1.43 bits per heavy atom. The number of rotatable bonds is 5. The summed E-state index contributed by atoms with van der Waals surface area (Å²) < 4.78 is 0.